The molecule has 1 atom stereocenters. The van der Waals surface area contributed by atoms with Crippen LogP contribution in [0.15, 0.2) is 18.2 Å². The third-order valence-corrected chi connectivity index (χ3v) is 5.66. The minimum atomic E-state index is -0.180. The van der Waals surface area contributed by atoms with Crippen molar-refractivity contribution in [2.24, 2.45) is 5.92 Å². The summed E-state index contributed by atoms with van der Waals surface area (Å²) in [5, 5.41) is 0. The Kier molecular flexibility index (Phi) is 4.95. The highest BCUT2D eigenvalue weighted by Crippen LogP contribution is 2.33. The van der Waals surface area contributed by atoms with Gasteiger partial charge in [-0.15, -0.1) is 0 Å². The van der Waals surface area contributed by atoms with E-state index >= 15 is 0 Å². The van der Waals surface area contributed by atoms with Crippen LogP contribution < -0.4 is 9.47 Å². The van der Waals surface area contributed by atoms with Crippen molar-refractivity contribution in [1.29, 1.82) is 0 Å². The van der Waals surface area contributed by atoms with Gasteiger partial charge in [-0.05, 0) is 31.5 Å². The maximum Gasteiger partial charge on any atom is 0.231 e. The summed E-state index contributed by atoms with van der Waals surface area (Å²) in [5.41, 5.74) is 1.19. The Bertz CT molecular complexity index is 728. The fraction of sp³-hybridized carbons (Fsp3) is 0.600. The molecule has 1 aromatic rings. The van der Waals surface area contributed by atoms with E-state index in [1.807, 2.05) is 35.8 Å². The zero-order valence-corrected chi connectivity index (χ0v) is 16.0. The molecule has 2 saturated heterocycles. The molecule has 2 fully saturated rings. The summed E-state index contributed by atoms with van der Waals surface area (Å²) in [6.45, 7) is 8.81. The van der Waals surface area contributed by atoms with E-state index in [9.17, 15) is 9.59 Å². The first-order valence-corrected chi connectivity index (χ1v) is 9.70. The molecule has 7 heteroatoms. The molecule has 3 heterocycles. The summed E-state index contributed by atoms with van der Waals surface area (Å²) in [4.78, 5) is 31.0. The lowest BCUT2D eigenvalue weighted by atomic mass is 10.1. The number of benzene rings is 1. The summed E-state index contributed by atoms with van der Waals surface area (Å²) in [6.07, 6.45) is 0.356. The predicted octanol–water partition coefficient (Wildman–Crippen LogP) is 1.32. The van der Waals surface area contributed by atoms with Gasteiger partial charge in [-0.1, -0.05) is 6.07 Å². The van der Waals surface area contributed by atoms with E-state index in [1.165, 1.54) is 5.56 Å². The molecule has 0 spiro atoms. The average molecular weight is 373 g/mol. The average Bonchev–Trinajstić information content (AvgIpc) is 3.27. The molecule has 0 saturated carbocycles. The maximum absolute atomic E-state index is 12.8. The summed E-state index contributed by atoms with van der Waals surface area (Å²) in [5.74, 6) is 1.66. The van der Waals surface area contributed by atoms with Gasteiger partial charge in [0.2, 0.25) is 18.6 Å². The van der Waals surface area contributed by atoms with Gasteiger partial charge in [-0.25, -0.2) is 0 Å². The zero-order valence-electron chi connectivity index (χ0n) is 16.0. The predicted molar refractivity (Wildman–Crippen MR) is 99.4 cm³/mol. The standard InChI is InChI=1S/C20H27N3O4/c1-14(2)23-12-16(10-19(23)24)20(25)22-7-5-21(6-8-22)11-15-3-4-17-18(9-15)27-13-26-17/h3-4,9,14,16H,5-8,10-13H2,1-2H3/t16-/m0/s1. The molecular formula is C20H27N3O4. The molecule has 0 aliphatic carbocycles. The maximum atomic E-state index is 12.8. The van der Waals surface area contributed by atoms with Crippen LogP contribution in [0.1, 0.15) is 25.8 Å². The molecule has 4 rings (SSSR count). The van der Waals surface area contributed by atoms with Crippen LogP contribution in [-0.4, -0.2) is 72.1 Å². The van der Waals surface area contributed by atoms with Crippen LogP contribution in [0.3, 0.4) is 0 Å². The van der Waals surface area contributed by atoms with Crippen molar-refractivity contribution in [3.05, 3.63) is 23.8 Å². The van der Waals surface area contributed by atoms with E-state index < -0.39 is 0 Å². The molecule has 3 aliphatic rings. The van der Waals surface area contributed by atoms with Gasteiger partial charge in [0.05, 0.1) is 5.92 Å². The lowest BCUT2D eigenvalue weighted by Gasteiger charge is -2.36. The van der Waals surface area contributed by atoms with Crippen molar-refractivity contribution >= 4 is 11.8 Å². The highest BCUT2D eigenvalue weighted by Gasteiger charge is 2.38. The van der Waals surface area contributed by atoms with E-state index in [1.54, 1.807) is 0 Å². The number of fused-ring (bicyclic) bond motifs is 1. The number of hydrogen-bond donors (Lipinski definition) is 0. The van der Waals surface area contributed by atoms with Crippen molar-refractivity contribution in [2.75, 3.05) is 39.5 Å². The van der Waals surface area contributed by atoms with Gasteiger partial charge in [0.15, 0.2) is 11.5 Å². The number of piperazine rings is 1. The van der Waals surface area contributed by atoms with Gasteiger partial charge in [0.25, 0.3) is 0 Å². The quantitative estimate of drug-likeness (QED) is 0.797. The first-order chi connectivity index (χ1) is 13.0. The van der Waals surface area contributed by atoms with Crippen LogP contribution in [-0.2, 0) is 16.1 Å². The Morgan fingerprint density at radius 2 is 1.89 bits per heavy atom. The Labute approximate surface area is 159 Å². The third-order valence-electron chi connectivity index (χ3n) is 5.66. The third kappa shape index (κ3) is 3.74. The molecule has 7 nitrogen and oxygen atoms in total. The van der Waals surface area contributed by atoms with Crippen molar-refractivity contribution in [1.82, 2.24) is 14.7 Å². The zero-order chi connectivity index (χ0) is 19.0. The van der Waals surface area contributed by atoms with Crippen molar-refractivity contribution in [3.63, 3.8) is 0 Å². The summed E-state index contributed by atoms with van der Waals surface area (Å²) in [6, 6.07) is 6.21. The molecule has 3 aliphatic heterocycles. The van der Waals surface area contributed by atoms with Gasteiger partial charge in [-0.2, -0.15) is 0 Å². The number of rotatable bonds is 4. The lowest BCUT2D eigenvalue weighted by Crippen LogP contribution is -2.50. The monoisotopic (exact) mass is 373 g/mol. The fourth-order valence-corrected chi connectivity index (χ4v) is 4.08. The normalized spacial score (nSPS) is 22.8. The summed E-state index contributed by atoms with van der Waals surface area (Å²) >= 11 is 0. The number of hydrogen-bond acceptors (Lipinski definition) is 5. The number of likely N-dealkylation sites (tertiary alicyclic amines) is 1. The van der Waals surface area contributed by atoms with Crippen LogP contribution in [0.4, 0.5) is 0 Å². The molecule has 2 amide bonds. The number of amides is 2. The van der Waals surface area contributed by atoms with Crippen molar-refractivity contribution in [2.45, 2.75) is 32.9 Å². The summed E-state index contributed by atoms with van der Waals surface area (Å²) < 4.78 is 10.8. The molecule has 0 radical (unpaired) electrons. The molecular weight excluding hydrogens is 346 g/mol. The smallest absolute Gasteiger partial charge is 0.231 e. The van der Waals surface area contributed by atoms with Gasteiger partial charge < -0.3 is 19.3 Å². The molecule has 0 N–H and O–H groups in total. The van der Waals surface area contributed by atoms with Gasteiger partial charge in [0.1, 0.15) is 0 Å². The second-order valence-corrected chi connectivity index (χ2v) is 7.83. The Morgan fingerprint density at radius 1 is 1.15 bits per heavy atom. The van der Waals surface area contributed by atoms with Crippen LogP contribution in [0.5, 0.6) is 11.5 Å². The molecule has 27 heavy (non-hydrogen) atoms. The van der Waals surface area contributed by atoms with Gasteiger partial charge in [0, 0.05) is 51.7 Å². The minimum absolute atomic E-state index is 0.102. The summed E-state index contributed by atoms with van der Waals surface area (Å²) in [7, 11) is 0. The molecule has 0 unspecified atom stereocenters. The van der Waals surface area contributed by atoms with Crippen molar-refractivity contribution in [3.8, 4) is 11.5 Å². The van der Waals surface area contributed by atoms with E-state index in [4.69, 9.17) is 9.47 Å². The van der Waals surface area contributed by atoms with Gasteiger partial charge >= 0.3 is 0 Å². The number of carbonyl (C=O) groups is 2. The Morgan fingerprint density at radius 3 is 2.59 bits per heavy atom. The fourth-order valence-electron chi connectivity index (χ4n) is 4.08. The minimum Gasteiger partial charge on any atom is -0.454 e. The van der Waals surface area contributed by atoms with Gasteiger partial charge in [-0.3, -0.25) is 14.5 Å². The molecule has 0 bridgehead atoms. The Hall–Kier alpha value is -2.28. The van der Waals surface area contributed by atoms with E-state index in [0.717, 1.165) is 44.2 Å². The second-order valence-electron chi connectivity index (χ2n) is 7.83. The topological polar surface area (TPSA) is 62.3 Å². The largest absolute Gasteiger partial charge is 0.454 e. The van der Waals surface area contributed by atoms with Crippen molar-refractivity contribution < 1.29 is 19.1 Å². The number of ether oxygens (including phenoxy) is 2. The van der Waals surface area contributed by atoms with Crippen LogP contribution in [0, 0.1) is 5.92 Å². The molecule has 0 aromatic heterocycles. The first kappa shape index (κ1) is 18.1. The highest BCUT2D eigenvalue weighted by molar-refractivity contribution is 5.89. The molecule has 146 valence electrons. The van der Waals surface area contributed by atoms with E-state index in [0.29, 0.717) is 13.0 Å². The molecule has 1 aromatic carbocycles. The number of carbonyl (C=O) groups excluding carboxylic acids is 2. The second kappa shape index (κ2) is 7.38. The lowest BCUT2D eigenvalue weighted by molar-refractivity contribution is -0.137. The van der Waals surface area contributed by atoms with E-state index in [2.05, 4.69) is 11.0 Å². The van der Waals surface area contributed by atoms with Crippen LogP contribution >= 0.6 is 0 Å². The van der Waals surface area contributed by atoms with Crippen LogP contribution in [0.2, 0.25) is 0 Å². The van der Waals surface area contributed by atoms with E-state index in [-0.39, 0.29) is 30.6 Å². The Balaban J connectivity index is 1.29. The SMILES string of the molecule is CC(C)N1C[C@@H](C(=O)N2CCN(Cc3ccc4c(c3)OCO4)CC2)CC1=O. The number of nitrogens with zero attached hydrogens (tertiary/aromatic N) is 3. The first-order valence-electron chi connectivity index (χ1n) is 9.70. The highest BCUT2D eigenvalue weighted by atomic mass is 16.7. The van der Waals surface area contributed by atoms with Crippen LogP contribution in [0.25, 0.3) is 0 Å².